The van der Waals surface area contributed by atoms with Gasteiger partial charge in [0, 0.05) is 55.2 Å². The highest BCUT2D eigenvalue weighted by Crippen LogP contribution is 2.36. The second-order valence-electron chi connectivity index (χ2n) is 9.79. The highest BCUT2D eigenvalue weighted by molar-refractivity contribution is 6.01. The number of rotatable bonds is 7. The van der Waals surface area contributed by atoms with Gasteiger partial charge in [-0.3, -0.25) is 9.88 Å². The zero-order chi connectivity index (χ0) is 25.9. The van der Waals surface area contributed by atoms with E-state index in [1.807, 2.05) is 42.5 Å². The van der Waals surface area contributed by atoms with Crippen molar-refractivity contribution in [2.75, 3.05) is 33.2 Å². The van der Waals surface area contributed by atoms with Gasteiger partial charge in [-0.15, -0.1) is 0 Å². The first-order chi connectivity index (χ1) is 18.6. The molecule has 8 nitrogen and oxygen atoms in total. The number of pyridine rings is 2. The van der Waals surface area contributed by atoms with E-state index in [-0.39, 0.29) is 5.88 Å². The molecule has 0 atom stereocenters. The molecule has 1 fully saturated rings. The number of nitrogens with one attached hydrogen (secondary N) is 1. The molecule has 38 heavy (non-hydrogen) atoms. The third kappa shape index (κ3) is 5.22. The lowest BCUT2D eigenvalue weighted by molar-refractivity contribution is 0.129. The number of H-pyrrole nitrogens is 1. The third-order valence-corrected chi connectivity index (χ3v) is 7.03. The minimum atomic E-state index is 0.0963. The van der Waals surface area contributed by atoms with Gasteiger partial charge in [-0.2, -0.15) is 0 Å². The zero-order valence-electron chi connectivity index (χ0n) is 21.3. The lowest BCUT2D eigenvalue weighted by atomic mass is 10.1. The van der Waals surface area contributed by atoms with Crippen molar-refractivity contribution in [3.63, 3.8) is 0 Å². The second kappa shape index (κ2) is 10.6. The van der Waals surface area contributed by atoms with Crippen LogP contribution in [0.3, 0.4) is 0 Å². The summed E-state index contributed by atoms with van der Waals surface area (Å²) in [4.78, 5) is 22.4. The summed E-state index contributed by atoms with van der Waals surface area (Å²) >= 11 is 0. The highest BCUT2D eigenvalue weighted by atomic mass is 16.6. The van der Waals surface area contributed by atoms with Gasteiger partial charge in [0.1, 0.15) is 0 Å². The van der Waals surface area contributed by atoms with Crippen LogP contribution in [-0.4, -0.2) is 69.3 Å². The number of hydrogen-bond acceptors (Lipinski definition) is 7. The fourth-order valence-electron chi connectivity index (χ4n) is 4.90. The average molecular weight is 507 g/mol. The number of aromatic hydroxyl groups is 1. The van der Waals surface area contributed by atoms with Crippen molar-refractivity contribution in [2.24, 2.45) is 5.16 Å². The molecule has 2 aromatic carbocycles. The summed E-state index contributed by atoms with van der Waals surface area (Å²) in [6, 6.07) is 22.0. The molecule has 0 radical (unpaired) electrons. The molecule has 0 aliphatic carbocycles. The Balaban J connectivity index is 1.19. The summed E-state index contributed by atoms with van der Waals surface area (Å²) in [5, 5.41) is 16.8. The molecule has 1 aliphatic heterocycles. The van der Waals surface area contributed by atoms with Crippen molar-refractivity contribution in [3.8, 4) is 17.1 Å². The van der Waals surface area contributed by atoms with E-state index in [0.717, 1.165) is 71.5 Å². The van der Waals surface area contributed by atoms with Crippen molar-refractivity contribution in [1.82, 2.24) is 24.8 Å². The van der Waals surface area contributed by atoms with E-state index in [0.29, 0.717) is 12.2 Å². The van der Waals surface area contributed by atoms with Gasteiger partial charge in [-0.05, 0) is 54.6 Å². The predicted molar refractivity (Wildman–Crippen MR) is 150 cm³/mol. The lowest BCUT2D eigenvalue weighted by Crippen LogP contribution is -2.43. The molecule has 0 unspecified atom stereocenters. The SMILES string of the molecule is CN1CCN(Cc2ccc3nc(-c4c(O)[nH]c5cc(C=NOCc6ccccn6)ccc45)ccc3c2)CC1. The summed E-state index contributed by atoms with van der Waals surface area (Å²) in [6.45, 7) is 5.67. The maximum Gasteiger partial charge on any atom is 0.199 e. The summed E-state index contributed by atoms with van der Waals surface area (Å²) in [5.74, 6) is 0.0963. The quantitative estimate of drug-likeness (QED) is 0.244. The van der Waals surface area contributed by atoms with Crippen LogP contribution in [0.15, 0.2) is 78.1 Å². The van der Waals surface area contributed by atoms with Crippen LogP contribution in [0, 0.1) is 0 Å². The van der Waals surface area contributed by atoms with E-state index < -0.39 is 0 Å². The minimum absolute atomic E-state index is 0.0963. The van der Waals surface area contributed by atoms with Gasteiger partial charge in [0.05, 0.1) is 28.7 Å². The number of likely N-dealkylation sites (N-methyl/N-ethyl adjacent to an activating group) is 1. The molecule has 0 bridgehead atoms. The van der Waals surface area contributed by atoms with E-state index >= 15 is 0 Å². The first kappa shape index (κ1) is 24.1. The number of aromatic nitrogens is 3. The second-order valence-corrected chi connectivity index (χ2v) is 9.79. The number of aromatic amines is 1. The molecule has 6 rings (SSSR count). The molecular formula is C30H30N6O2. The summed E-state index contributed by atoms with van der Waals surface area (Å²) < 4.78 is 0. The zero-order valence-corrected chi connectivity index (χ0v) is 21.3. The average Bonchev–Trinajstić information content (AvgIpc) is 3.27. The van der Waals surface area contributed by atoms with Gasteiger partial charge < -0.3 is 19.8 Å². The molecule has 2 N–H and O–H groups in total. The molecular weight excluding hydrogens is 476 g/mol. The molecule has 4 heterocycles. The number of benzene rings is 2. The number of piperazine rings is 1. The summed E-state index contributed by atoms with van der Waals surface area (Å²) in [5.41, 5.74) is 6.10. The van der Waals surface area contributed by atoms with Gasteiger partial charge in [0.15, 0.2) is 12.5 Å². The van der Waals surface area contributed by atoms with Gasteiger partial charge in [0.25, 0.3) is 0 Å². The van der Waals surface area contributed by atoms with Crippen molar-refractivity contribution in [2.45, 2.75) is 13.2 Å². The fraction of sp³-hybridized carbons (Fsp3) is 0.233. The first-order valence-corrected chi connectivity index (χ1v) is 12.8. The normalized spacial score (nSPS) is 15.1. The largest absolute Gasteiger partial charge is 0.494 e. The van der Waals surface area contributed by atoms with E-state index in [4.69, 9.17) is 9.82 Å². The van der Waals surface area contributed by atoms with Crippen LogP contribution in [0.1, 0.15) is 16.8 Å². The maximum atomic E-state index is 10.8. The number of oxime groups is 1. The Kier molecular flexibility index (Phi) is 6.73. The summed E-state index contributed by atoms with van der Waals surface area (Å²) in [6.07, 6.45) is 3.37. The highest BCUT2D eigenvalue weighted by Gasteiger charge is 2.16. The van der Waals surface area contributed by atoms with Gasteiger partial charge >= 0.3 is 0 Å². The Morgan fingerprint density at radius 1 is 1.03 bits per heavy atom. The van der Waals surface area contributed by atoms with E-state index in [9.17, 15) is 5.11 Å². The smallest absolute Gasteiger partial charge is 0.199 e. The molecule has 192 valence electrons. The van der Waals surface area contributed by atoms with Gasteiger partial charge in [-0.25, -0.2) is 4.98 Å². The topological polar surface area (TPSA) is 89.9 Å². The van der Waals surface area contributed by atoms with Crippen LogP contribution in [0.2, 0.25) is 0 Å². The Bertz CT molecular complexity index is 1590. The lowest BCUT2D eigenvalue weighted by Gasteiger charge is -2.32. The fourth-order valence-corrected chi connectivity index (χ4v) is 4.90. The van der Waals surface area contributed by atoms with Gasteiger partial charge in [-0.1, -0.05) is 35.5 Å². The van der Waals surface area contributed by atoms with Crippen molar-refractivity contribution >= 4 is 28.0 Å². The minimum Gasteiger partial charge on any atom is -0.494 e. The van der Waals surface area contributed by atoms with Crippen LogP contribution < -0.4 is 0 Å². The van der Waals surface area contributed by atoms with Crippen LogP contribution in [0.25, 0.3) is 33.1 Å². The predicted octanol–water partition coefficient (Wildman–Crippen LogP) is 4.78. The molecule has 8 heteroatoms. The van der Waals surface area contributed by atoms with Crippen molar-refractivity contribution in [1.29, 1.82) is 0 Å². The molecule has 0 spiro atoms. The maximum absolute atomic E-state index is 10.8. The van der Waals surface area contributed by atoms with Crippen LogP contribution in [0.5, 0.6) is 5.88 Å². The molecule has 0 amide bonds. The van der Waals surface area contributed by atoms with Gasteiger partial charge in [0.2, 0.25) is 0 Å². The van der Waals surface area contributed by atoms with Crippen LogP contribution in [0.4, 0.5) is 0 Å². The Labute approximate surface area is 221 Å². The Morgan fingerprint density at radius 3 is 2.76 bits per heavy atom. The van der Waals surface area contributed by atoms with Crippen molar-refractivity contribution < 1.29 is 9.94 Å². The monoisotopic (exact) mass is 506 g/mol. The molecule has 0 saturated carbocycles. The van der Waals surface area contributed by atoms with E-state index in [1.54, 1.807) is 12.4 Å². The van der Waals surface area contributed by atoms with Crippen molar-refractivity contribution in [3.05, 3.63) is 89.7 Å². The van der Waals surface area contributed by atoms with E-state index in [2.05, 4.69) is 56.2 Å². The number of fused-ring (bicyclic) bond motifs is 2. The van der Waals surface area contributed by atoms with Crippen LogP contribution in [-0.2, 0) is 18.0 Å². The summed E-state index contributed by atoms with van der Waals surface area (Å²) in [7, 11) is 2.18. The Hall–Kier alpha value is -4.27. The number of nitrogens with zero attached hydrogens (tertiary/aromatic N) is 5. The number of hydrogen-bond donors (Lipinski definition) is 2. The Morgan fingerprint density at radius 2 is 1.92 bits per heavy atom. The third-order valence-electron chi connectivity index (χ3n) is 7.03. The van der Waals surface area contributed by atoms with Crippen LogP contribution >= 0.6 is 0 Å². The molecule has 1 saturated heterocycles. The molecule has 3 aromatic heterocycles. The first-order valence-electron chi connectivity index (χ1n) is 12.8. The van der Waals surface area contributed by atoms with E-state index in [1.165, 1.54) is 5.56 Å². The molecule has 5 aromatic rings. The molecule has 1 aliphatic rings. The standard InChI is InChI=1S/C30H30N6O2/c1-35-12-14-36(15-13-35)19-22-6-9-26-23(16-22)7-10-27(33-26)29-25-8-5-21(17-28(25)34-30(29)37)18-32-38-20-24-4-2-3-11-31-24/h2-11,16-18,34,37H,12-15,19-20H2,1H3.